The van der Waals surface area contributed by atoms with Crippen molar-refractivity contribution in [2.24, 2.45) is 0 Å². The summed E-state index contributed by atoms with van der Waals surface area (Å²) in [6.45, 7) is 3.10. The number of nitrogens with zero attached hydrogens (tertiary/aromatic N) is 3. The minimum absolute atomic E-state index is 0.00360. The molecule has 1 amide bonds. The highest BCUT2D eigenvalue weighted by molar-refractivity contribution is 7.91. The highest BCUT2D eigenvalue weighted by atomic mass is 35.5. The fourth-order valence-electron chi connectivity index (χ4n) is 3.25. The van der Waals surface area contributed by atoms with Gasteiger partial charge in [-0.1, -0.05) is 22.9 Å². The first kappa shape index (κ1) is 24.6. The van der Waals surface area contributed by atoms with Crippen molar-refractivity contribution in [3.63, 3.8) is 0 Å². The molecule has 1 heterocycles. The number of aromatic nitrogens is 1. The molecule has 0 bridgehead atoms. The number of hydrogen-bond acceptors (Lipinski definition) is 6. The Morgan fingerprint density at radius 3 is 2.50 bits per heavy atom. The van der Waals surface area contributed by atoms with E-state index >= 15 is 0 Å². The van der Waals surface area contributed by atoms with Crippen LogP contribution in [0.3, 0.4) is 0 Å². The summed E-state index contributed by atoms with van der Waals surface area (Å²) in [5.74, 6) is -1.20. The van der Waals surface area contributed by atoms with Crippen LogP contribution in [-0.4, -0.2) is 57.1 Å². The second-order valence-electron chi connectivity index (χ2n) is 7.79. The number of carbonyl (C=O) groups is 1. The molecule has 1 aromatic heterocycles. The number of rotatable bonds is 9. The fraction of sp³-hybridized carbons (Fsp3) is 0.364. The van der Waals surface area contributed by atoms with E-state index in [1.165, 1.54) is 23.5 Å². The number of sulfone groups is 1. The van der Waals surface area contributed by atoms with Gasteiger partial charge in [-0.05, 0) is 75.9 Å². The van der Waals surface area contributed by atoms with Gasteiger partial charge in [0.25, 0.3) is 0 Å². The van der Waals surface area contributed by atoms with E-state index in [9.17, 15) is 17.6 Å². The van der Waals surface area contributed by atoms with Gasteiger partial charge in [-0.15, -0.1) is 0 Å². The van der Waals surface area contributed by atoms with Gasteiger partial charge in [0.2, 0.25) is 5.91 Å². The van der Waals surface area contributed by atoms with E-state index in [1.54, 1.807) is 4.90 Å². The van der Waals surface area contributed by atoms with Crippen LogP contribution in [0, 0.1) is 12.7 Å². The molecule has 0 radical (unpaired) electrons. The van der Waals surface area contributed by atoms with Crippen LogP contribution in [0.5, 0.6) is 0 Å². The summed E-state index contributed by atoms with van der Waals surface area (Å²) in [6.07, 6.45) is 0.510. The summed E-state index contributed by atoms with van der Waals surface area (Å²) in [5, 5.41) is 1.12. The second kappa shape index (κ2) is 10.2. The zero-order valence-electron chi connectivity index (χ0n) is 18.1. The van der Waals surface area contributed by atoms with Gasteiger partial charge in [0.05, 0.1) is 20.9 Å². The minimum Gasteiger partial charge on any atom is -0.309 e. The van der Waals surface area contributed by atoms with Crippen LogP contribution in [0.15, 0.2) is 41.3 Å². The molecule has 3 aromatic rings. The second-order valence-corrected chi connectivity index (χ2v) is 11.3. The molecule has 0 unspecified atom stereocenters. The molecule has 172 valence electrons. The summed E-state index contributed by atoms with van der Waals surface area (Å²) in [5.41, 5.74) is 1.69. The third-order valence-corrected chi connectivity index (χ3v) is 7.89. The quantitative estimate of drug-likeness (QED) is 0.406. The monoisotopic (exact) mass is 497 g/mol. The van der Waals surface area contributed by atoms with E-state index in [0.29, 0.717) is 23.1 Å². The van der Waals surface area contributed by atoms with E-state index < -0.39 is 15.7 Å². The maximum Gasteiger partial charge on any atom is 0.229 e. The van der Waals surface area contributed by atoms with E-state index in [1.807, 2.05) is 38.1 Å². The lowest BCUT2D eigenvalue weighted by Gasteiger charge is -2.21. The fourth-order valence-corrected chi connectivity index (χ4v) is 5.94. The van der Waals surface area contributed by atoms with Gasteiger partial charge in [0, 0.05) is 18.0 Å². The smallest absolute Gasteiger partial charge is 0.229 e. The van der Waals surface area contributed by atoms with Gasteiger partial charge in [-0.2, -0.15) is 0 Å². The normalized spacial score (nSPS) is 11.9. The number of hydrogen-bond donors (Lipinski definition) is 0. The van der Waals surface area contributed by atoms with Gasteiger partial charge in [-0.25, -0.2) is 17.8 Å². The number of aryl methyl sites for hydroxylation is 1. The molecule has 0 saturated heterocycles. The molecule has 2 aromatic carbocycles. The number of amides is 1. The van der Waals surface area contributed by atoms with Gasteiger partial charge < -0.3 is 4.90 Å². The Kier molecular flexibility index (Phi) is 7.87. The van der Waals surface area contributed by atoms with E-state index in [-0.39, 0.29) is 23.0 Å². The molecule has 0 atom stereocenters. The van der Waals surface area contributed by atoms with E-state index in [4.69, 9.17) is 11.6 Å². The van der Waals surface area contributed by atoms with Crippen LogP contribution in [0.2, 0.25) is 5.02 Å². The first-order valence-corrected chi connectivity index (χ1v) is 12.9. The molecular weight excluding hydrogens is 473 g/mol. The number of anilines is 1. The first-order chi connectivity index (χ1) is 15.1. The zero-order valence-corrected chi connectivity index (χ0v) is 20.5. The third kappa shape index (κ3) is 6.04. The maximum absolute atomic E-state index is 13.1. The number of benzene rings is 2. The van der Waals surface area contributed by atoms with Crippen LogP contribution in [0.1, 0.15) is 18.4 Å². The Balaban J connectivity index is 1.82. The lowest BCUT2D eigenvalue weighted by molar-refractivity contribution is -0.118. The highest BCUT2D eigenvalue weighted by Gasteiger charge is 2.23. The summed E-state index contributed by atoms with van der Waals surface area (Å²) in [4.78, 5) is 21.3. The number of thiazole rings is 1. The van der Waals surface area contributed by atoms with E-state index in [2.05, 4.69) is 4.98 Å². The lowest BCUT2D eigenvalue weighted by atomic mass is 10.2. The summed E-state index contributed by atoms with van der Waals surface area (Å²) in [7, 11) is 0.182. The molecular formula is C22H25ClFN3O3S2. The predicted octanol–water partition coefficient (Wildman–Crippen LogP) is 4.55. The van der Waals surface area contributed by atoms with Crippen molar-refractivity contribution in [3.8, 4) is 0 Å². The van der Waals surface area contributed by atoms with Crippen LogP contribution in [0.25, 0.3) is 10.2 Å². The van der Waals surface area contributed by atoms with Crippen LogP contribution in [-0.2, 0) is 14.6 Å². The van der Waals surface area contributed by atoms with Gasteiger partial charge in [0.1, 0.15) is 5.82 Å². The Bertz CT molecular complexity index is 1210. The molecule has 0 fully saturated rings. The van der Waals surface area contributed by atoms with Gasteiger partial charge in [-0.3, -0.25) is 9.69 Å². The maximum atomic E-state index is 13.1. The average molecular weight is 498 g/mol. The SMILES string of the molecule is Cc1cc(Cl)cc2sc(N(CCCN(C)C)C(=O)CCS(=O)(=O)c3ccc(F)cc3)nc12. The standard InChI is InChI=1S/C22H25ClFN3O3S2/c1-15-13-16(23)14-19-21(15)25-22(31-19)27(11-4-10-26(2)3)20(28)9-12-32(29,30)18-7-5-17(24)6-8-18/h5-8,13-14H,4,9-12H2,1-3H3. The molecule has 0 aliphatic rings. The number of halogens is 2. The topological polar surface area (TPSA) is 70.6 Å². The number of fused-ring (bicyclic) bond motifs is 1. The predicted molar refractivity (Wildman–Crippen MR) is 128 cm³/mol. The van der Waals surface area contributed by atoms with Crippen molar-refractivity contribution in [2.45, 2.75) is 24.7 Å². The molecule has 32 heavy (non-hydrogen) atoms. The summed E-state index contributed by atoms with van der Waals surface area (Å²) >= 11 is 7.52. The van der Waals surface area contributed by atoms with Crippen LogP contribution >= 0.6 is 22.9 Å². The Labute approximate surface area is 196 Å². The van der Waals surface area contributed by atoms with Gasteiger partial charge >= 0.3 is 0 Å². The molecule has 0 aliphatic heterocycles. The highest BCUT2D eigenvalue weighted by Crippen LogP contribution is 2.33. The third-order valence-electron chi connectivity index (χ3n) is 4.92. The van der Waals surface area contributed by atoms with Crippen molar-refractivity contribution < 1.29 is 17.6 Å². The largest absolute Gasteiger partial charge is 0.309 e. The zero-order chi connectivity index (χ0) is 23.5. The van der Waals surface area contributed by atoms with Crippen molar-refractivity contribution in [1.82, 2.24) is 9.88 Å². The van der Waals surface area contributed by atoms with Gasteiger partial charge in [0.15, 0.2) is 15.0 Å². The molecule has 0 aliphatic carbocycles. The molecule has 6 nitrogen and oxygen atoms in total. The van der Waals surface area contributed by atoms with E-state index in [0.717, 1.165) is 34.5 Å². The van der Waals surface area contributed by atoms with Crippen molar-refractivity contribution in [1.29, 1.82) is 0 Å². The Morgan fingerprint density at radius 1 is 1.16 bits per heavy atom. The molecule has 0 saturated carbocycles. The molecule has 0 N–H and O–H groups in total. The van der Waals surface area contributed by atoms with Crippen LogP contribution in [0.4, 0.5) is 9.52 Å². The summed E-state index contributed by atoms with van der Waals surface area (Å²) < 4.78 is 39.2. The van der Waals surface area contributed by atoms with Crippen LogP contribution < -0.4 is 4.90 Å². The Morgan fingerprint density at radius 2 is 1.84 bits per heavy atom. The lowest BCUT2D eigenvalue weighted by Crippen LogP contribution is -2.34. The van der Waals surface area contributed by atoms with Crippen molar-refractivity contribution in [3.05, 3.63) is 52.8 Å². The van der Waals surface area contributed by atoms with Crippen molar-refractivity contribution >= 4 is 54.0 Å². The number of carbonyl (C=O) groups excluding carboxylic acids is 1. The minimum atomic E-state index is -3.72. The molecule has 10 heteroatoms. The molecule has 3 rings (SSSR count). The van der Waals surface area contributed by atoms with Crippen molar-refractivity contribution in [2.75, 3.05) is 37.8 Å². The first-order valence-electron chi connectivity index (χ1n) is 10.1. The average Bonchev–Trinajstić information content (AvgIpc) is 3.13. The summed E-state index contributed by atoms with van der Waals surface area (Å²) in [6, 6.07) is 8.25. The Hall–Kier alpha value is -2.07. The molecule has 0 spiro atoms.